The van der Waals surface area contributed by atoms with Gasteiger partial charge in [0.25, 0.3) is 0 Å². The van der Waals surface area contributed by atoms with Crippen molar-refractivity contribution in [3.8, 4) is 5.75 Å². The van der Waals surface area contributed by atoms with Crippen molar-refractivity contribution < 1.29 is 47.3 Å². The third-order valence-corrected chi connectivity index (χ3v) is 2.29. The summed E-state index contributed by atoms with van der Waals surface area (Å²) in [5.74, 6) is 0.111. The van der Waals surface area contributed by atoms with Gasteiger partial charge in [0.15, 0.2) is 0 Å². The van der Waals surface area contributed by atoms with Crippen molar-refractivity contribution in [2.75, 3.05) is 6.61 Å². The van der Waals surface area contributed by atoms with Crippen LogP contribution in [0.5, 0.6) is 5.75 Å². The van der Waals surface area contributed by atoms with E-state index in [1.165, 1.54) is 18.2 Å². The monoisotopic (exact) mass is 224 g/mol. The van der Waals surface area contributed by atoms with Crippen LogP contribution in [0.1, 0.15) is 6.92 Å². The van der Waals surface area contributed by atoms with Crippen LogP contribution in [0.25, 0.3) is 0 Å². The van der Waals surface area contributed by atoms with Crippen LogP contribution in [0.15, 0.2) is 29.2 Å². The van der Waals surface area contributed by atoms with Gasteiger partial charge < -0.3 is 9.29 Å². The molecule has 0 spiro atoms. The Hall–Kier alpha value is -0.0700. The summed E-state index contributed by atoms with van der Waals surface area (Å²) in [5, 5.41) is 0. The van der Waals surface area contributed by atoms with E-state index >= 15 is 0 Å². The first-order valence-electron chi connectivity index (χ1n) is 3.73. The van der Waals surface area contributed by atoms with E-state index in [9.17, 15) is 13.0 Å². The third kappa shape index (κ3) is 3.59. The van der Waals surface area contributed by atoms with Crippen LogP contribution in [-0.4, -0.2) is 19.6 Å². The zero-order valence-electron chi connectivity index (χ0n) is 8.06. The Balaban J connectivity index is 0.00000169. The molecule has 1 aromatic rings. The quantitative estimate of drug-likeness (QED) is 0.439. The maximum absolute atomic E-state index is 10.7. The van der Waals surface area contributed by atoms with Crippen LogP contribution in [0.3, 0.4) is 0 Å². The Morgan fingerprint density at radius 3 is 2.43 bits per heavy atom. The number of benzene rings is 1. The summed E-state index contributed by atoms with van der Waals surface area (Å²) in [7, 11) is -4.43. The normalized spacial score (nSPS) is 10.4. The van der Waals surface area contributed by atoms with Crippen molar-refractivity contribution in [1.82, 2.24) is 0 Å². The predicted molar refractivity (Wildman–Crippen MR) is 45.6 cm³/mol. The first-order chi connectivity index (χ1) is 6.05. The van der Waals surface area contributed by atoms with Gasteiger partial charge in [0.2, 0.25) is 0 Å². The summed E-state index contributed by atoms with van der Waals surface area (Å²) in [4.78, 5) is -0.308. The van der Waals surface area contributed by atoms with Crippen LogP contribution >= 0.6 is 0 Å². The molecule has 0 aromatic heterocycles. The predicted octanol–water partition coefficient (Wildman–Crippen LogP) is -2.01. The van der Waals surface area contributed by atoms with Crippen molar-refractivity contribution in [2.45, 2.75) is 11.8 Å². The van der Waals surface area contributed by atoms with Gasteiger partial charge >= 0.3 is 29.6 Å². The summed E-state index contributed by atoms with van der Waals surface area (Å²) in [6, 6.07) is 5.77. The number of rotatable bonds is 3. The van der Waals surface area contributed by atoms with E-state index < -0.39 is 10.1 Å². The van der Waals surface area contributed by atoms with Gasteiger partial charge in [-0.05, 0) is 19.1 Å². The fourth-order valence-corrected chi connectivity index (χ4v) is 1.55. The molecule has 14 heavy (non-hydrogen) atoms. The molecular weight excluding hydrogens is 215 g/mol. The second-order valence-electron chi connectivity index (χ2n) is 2.33. The first kappa shape index (κ1) is 13.9. The molecule has 0 unspecified atom stereocenters. The van der Waals surface area contributed by atoms with Gasteiger partial charge in [-0.3, -0.25) is 0 Å². The number of para-hydroxylation sites is 1. The first-order valence-corrected chi connectivity index (χ1v) is 5.14. The van der Waals surface area contributed by atoms with Gasteiger partial charge in [-0.15, -0.1) is 0 Å². The van der Waals surface area contributed by atoms with Gasteiger partial charge in [-0.1, -0.05) is 12.1 Å². The van der Waals surface area contributed by atoms with Gasteiger partial charge in [-0.25, -0.2) is 8.42 Å². The Kier molecular flexibility index (Phi) is 5.70. The minimum Gasteiger partial charge on any atom is -0.744 e. The number of hydrogen-bond donors (Lipinski definition) is 0. The zero-order chi connectivity index (χ0) is 9.90. The molecule has 6 heteroatoms. The number of ether oxygens (including phenoxy) is 1. The molecule has 0 amide bonds. The van der Waals surface area contributed by atoms with Crippen LogP contribution in [0, 0.1) is 0 Å². The molecule has 0 aliphatic rings. The fourth-order valence-electron chi connectivity index (χ4n) is 0.931. The molecular formula is C8H9NaO4S. The smallest absolute Gasteiger partial charge is 0.744 e. The third-order valence-electron chi connectivity index (χ3n) is 1.42. The Morgan fingerprint density at radius 1 is 1.36 bits per heavy atom. The van der Waals surface area contributed by atoms with Crippen LogP contribution < -0.4 is 34.3 Å². The molecule has 4 nitrogen and oxygen atoms in total. The number of hydrogen-bond acceptors (Lipinski definition) is 4. The van der Waals surface area contributed by atoms with Crippen molar-refractivity contribution in [1.29, 1.82) is 0 Å². The Labute approximate surface area is 105 Å². The molecule has 0 aliphatic carbocycles. The van der Waals surface area contributed by atoms with Gasteiger partial charge in [0.1, 0.15) is 15.9 Å². The molecule has 0 radical (unpaired) electrons. The maximum Gasteiger partial charge on any atom is 1.00 e. The van der Waals surface area contributed by atoms with Gasteiger partial charge in [-0.2, -0.15) is 0 Å². The Morgan fingerprint density at radius 2 is 1.93 bits per heavy atom. The van der Waals surface area contributed by atoms with Crippen LogP contribution in [0.2, 0.25) is 0 Å². The fraction of sp³-hybridized carbons (Fsp3) is 0.250. The Bertz CT molecular complexity index is 388. The summed E-state index contributed by atoms with van der Waals surface area (Å²) in [6.07, 6.45) is 0. The van der Waals surface area contributed by atoms with Crippen LogP contribution in [-0.2, 0) is 10.1 Å². The summed E-state index contributed by atoms with van der Waals surface area (Å²) >= 11 is 0. The summed E-state index contributed by atoms with van der Waals surface area (Å²) in [5.41, 5.74) is 0. The van der Waals surface area contributed by atoms with E-state index in [-0.39, 0.29) is 40.2 Å². The van der Waals surface area contributed by atoms with E-state index in [1.54, 1.807) is 13.0 Å². The molecule has 1 aromatic carbocycles. The molecule has 72 valence electrons. The molecule has 0 saturated carbocycles. The molecule has 0 saturated heterocycles. The van der Waals surface area contributed by atoms with Crippen molar-refractivity contribution in [3.63, 3.8) is 0 Å². The molecule has 1 rings (SSSR count). The summed E-state index contributed by atoms with van der Waals surface area (Å²) in [6.45, 7) is 2.04. The molecule has 0 fully saturated rings. The van der Waals surface area contributed by atoms with E-state index in [1.807, 2.05) is 0 Å². The van der Waals surface area contributed by atoms with E-state index in [0.29, 0.717) is 6.61 Å². The van der Waals surface area contributed by atoms with E-state index in [2.05, 4.69) is 0 Å². The molecule has 0 atom stereocenters. The maximum atomic E-state index is 10.7. The average Bonchev–Trinajstić information content (AvgIpc) is 2.04. The van der Waals surface area contributed by atoms with Crippen molar-refractivity contribution in [3.05, 3.63) is 24.3 Å². The SMILES string of the molecule is CCOc1ccccc1S(=O)(=O)[O-].[Na+]. The average molecular weight is 224 g/mol. The molecule has 0 aliphatic heterocycles. The standard InChI is InChI=1S/C8H10O4S.Na/c1-2-12-7-5-3-4-6-8(7)13(9,10)11;/h3-6H,2H2,1H3,(H,9,10,11);/q;+1/p-1. The molecule has 0 N–H and O–H groups in total. The summed E-state index contributed by atoms with van der Waals surface area (Å²) < 4.78 is 37.1. The second kappa shape index (κ2) is 5.72. The van der Waals surface area contributed by atoms with E-state index in [0.717, 1.165) is 0 Å². The van der Waals surface area contributed by atoms with E-state index in [4.69, 9.17) is 4.74 Å². The van der Waals surface area contributed by atoms with Crippen molar-refractivity contribution >= 4 is 10.1 Å². The molecule has 0 bridgehead atoms. The zero-order valence-corrected chi connectivity index (χ0v) is 10.9. The van der Waals surface area contributed by atoms with Gasteiger partial charge in [0.05, 0.1) is 11.5 Å². The van der Waals surface area contributed by atoms with Crippen LogP contribution in [0.4, 0.5) is 0 Å². The minimum atomic E-state index is -4.43. The van der Waals surface area contributed by atoms with Crippen molar-refractivity contribution in [2.24, 2.45) is 0 Å². The topological polar surface area (TPSA) is 66.4 Å². The minimum absolute atomic E-state index is 0. The molecule has 0 heterocycles. The van der Waals surface area contributed by atoms with Gasteiger partial charge in [0, 0.05) is 0 Å². The largest absolute Gasteiger partial charge is 1.00 e. The second-order valence-corrected chi connectivity index (χ2v) is 3.68.